The van der Waals surface area contributed by atoms with Crippen molar-refractivity contribution in [2.75, 3.05) is 57.8 Å². The van der Waals surface area contributed by atoms with Crippen LogP contribution in [-0.2, 0) is 0 Å². The van der Waals surface area contributed by atoms with Gasteiger partial charge in [-0.1, -0.05) is 12.1 Å². The lowest BCUT2D eigenvalue weighted by Crippen LogP contribution is -2.57. The van der Waals surface area contributed by atoms with E-state index in [1.54, 1.807) is 6.07 Å². The molecule has 1 N–H and O–H groups in total. The Hall–Kier alpha value is -1.17. The van der Waals surface area contributed by atoms with Crippen LogP contribution in [0.15, 0.2) is 24.3 Å². The van der Waals surface area contributed by atoms with Gasteiger partial charge in [0, 0.05) is 39.3 Å². The van der Waals surface area contributed by atoms with E-state index in [4.69, 9.17) is 0 Å². The summed E-state index contributed by atoms with van der Waals surface area (Å²) in [5, 5.41) is 10.8. The summed E-state index contributed by atoms with van der Waals surface area (Å²) in [5.41, 5.74) is 0.103. The average molecular weight is 307 g/mol. The second-order valence-electron chi connectivity index (χ2n) is 6.78. The maximum Gasteiger partial charge on any atom is 0.146 e. The first-order valence-corrected chi connectivity index (χ1v) is 8.19. The first-order chi connectivity index (χ1) is 10.6. The van der Waals surface area contributed by atoms with Crippen LogP contribution in [0.5, 0.6) is 0 Å². The van der Waals surface area contributed by atoms with Gasteiger partial charge in [-0.15, -0.1) is 0 Å². The summed E-state index contributed by atoms with van der Waals surface area (Å²) >= 11 is 0. The van der Waals surface area contributed by atoms with Crippen molar-refractivity contribution < 1.29 is 9.50 Å². The minimum atomic E-state index is -0.590. The highest BCUT2D eigenvalue weighted by atomic mass is 19.1. The highest BCUT2D eigenvalue weighted by Gasteiger charge is 2.34. The second-order valence-corrected chi connectivity index (χ2v) is 6.78. The van der Waals surface area contributed by atoms with E-state index in [1.165, 1.54) is 6.07 Å². The smallest absolute Gasteiger partial charge is 0.146 e. The quantitative estimate of drug-likeness (QED) is 0.914. The number of rotatable bonds is 3. The molecule has 2 heterocycles. The van der Waals surface area contributed by atoms with Gasteiger partial charge in [-0.25, -0.2) is 4.39 Å². The van der Waals surface area contributed by atoms with Gasteiger partial charge in [0.2, 0.25) is 0 Å². The van der Waals surface area contributed by atoms with Crippen molar-refractivity contribution in [1.29, 1.82) is 0 Å². The van der Waals surface area contributed by atoms with Gasteiger partial charge < -0.3 is 14.9 Å². The van der Waals surface area contributed by atoms with Gasteiger partial charge in [-0.2, -0.15) is 0 Å². The summed E-state index contributed by atoms with van der Waals surface area (Å²) in [7, 11) is 2.07. The van der Waals surface area contributed by atoms with E-state index in [9.17, 15) is 9.50 Å². The number of hydrogen-bond acceptors (Lipinski definition) is 4. The molecule has 22 heavy (non-hydrogen) atoms. The van der Waals surface area contributed by atoms with E-state index in [-0.39, 0.29) is 5.82 Å². The second kappa shape index (κ2) is 6.52. The SMILES string of the molecule is CN1CCC[C@](O)(CN2CCN(c3ccccc3F)CC2)C1. The summed E-state index contributed by atoms with van der Waals surface area (Å²) < 4.78 is 13.8. The van der Waals surface area contributed by atoms with E-state index < -0.39 is 5.60 Å². The summed E-state index contributed by atoms with van der Waals surface area (Å²) in [4.78, 5) is 6.62. The fourth-order valence-corrected chi connectivity index (χ4v) is 3.74. The molecule has 122 valence electrons. The first kappa shape index (κ1) is 15.7. The summed E-state index contributed by atoms with van der Waals surface area (Å²) in [6.07, 6.45) is 1.94. The fraction of sp³-hybridized carbons (Fsp3) is 0.647. The van der Waals surface area contributed by atoms with Crippen LogP contribution >= 0.6 is 0 Å². The number of likely N-dealkylation sites (N-methyl/N-ethyl adjacent to an activating group) is 1. The van der Waals surface area contributed by atoms with Crippen LogP contribution < -0.4 is 4.90 Å². The van der Waals surface area contributed by atoms with E-state index in [2.05, 4.69) is 21.7 Å². The molecule has 0 bridgehead atoms. The Morgan fingerprint density at radius 1 is 1.14 bits per heavy atom. The van der Waals surface area contributed by atoms with Crippen LogP contribution in [0.4, 0.5) is 10.1 Å². The minimum absolute atomic E-state index is 0.150. The maximum absolute atomic E-state index is 13.8. The molecule has 2 fully saturated rings. The lowest BCUT2D eigenvalue weighted by molar-refractivity contribution is -0.0478. The highest BCUT2D eigenvalue weighted by Crippen LogP contribution is 2.24. The first-order valence-electron chi connectivity index (χ1n) is 8.19. The zero-order valence-corrected chi connectivity index (χ0v) is 13.3. The molecule has 0 radical (unpaired) electrons. The summed E-state index contributed by atoms with van der Waals surface area (Å²) in [5.74, 6) is -0.150. The van der Waals surface area contributed by atoms with Crippen molar-refractivity contribution in [3.63, 3.8) is 0 Å². The Balaban J connectivity index is 1.55. The predicted molar refractivity (Wildman–Crippen MR) is 86.7 cm³/mol. The van der Waals surface area contributed by atoms with Crippen molar-refractivity contribution in [3.8, 4) is 0 Å². The molecule has 1 atom stereocenters. The standard InChI is InChI=1S/C17H26FN3O/c1-19-8-4-7-17(22,13-19)14-20-9-11-21(12-10-20)16-6-3-2-5-15(16)18/h2-3,5-6,22H,4,7-14H2,1H3/t17-/m1/s1. The molecule has 1 aromatic rings. The monoisotopic (exact) mass is 307 g/mol. The number of aliphatic hydroxyl groups is 1. The number of nitrogens with zero attached hydrogens (tertiary/aromatic N) is 3. The number of likely N-dealkylation sites (tertiary alicyclic amines) is 1. The van der Waals surface area contributed by atoms with Crippen molar-refractivity contribution in [1.82, 2.24) is 9.80 Å². The molecular formula is C17H26FN3O. The molecule has 0 amide bonds. The molecule has 2 aliphatic rings. The Morgan fingerprint density at radius 2 is 1.86 bits per heavy atom. The molecule has 5 heteroatoms. The molecule has 0 aromatic heterocycles. The Labute approximate surface area is 132 Å². The van der Waals surface area contributed by atoms with Gasteiger partial charge in [-0.05, 0) is 38.6 Å². The Morgan fingerprint density at radius 3 is 2.55 bits per heavy atom. The van der Waals surface area contributed by atoms with Crippen LogP contribution in [0.3, 0.4) is 0 Å². The molecule has 1 aromatic carbocycles. The zero-order chi connectivity index (χ0) is 15.6. The average Bonchev–Trinajstić information content (AvgIpc) is 2.48. The lowest BCUT2D eigenvalue weighted by atomic mass is 9.92. The number of β-amino-alcohol motifs (C(OH)–C–C–N with tert-alkyl or cyclic N) is 1. The van der Waals surface area contributed by atoms with Gasteiger partial charge in [-0.3, -0.25) is 4.90 Å². The highest BCUT2D eigenvalue weighted by molar-refractivity contribution is 5.47. The molecule has 2 aliphatic heterocycles. The molecule has 3 rings (SSSR count). The van der Waals surface area contributed by atoms with Crippen molar-refractivity contribution >= 4 is 5.69 Å². The van der Waals surface area contributed by atoms with Crippen molar-refractivity contribution in [2.24, 2.45) is 0 Å². The fourth-order valence-electron chi connectivity index (χ4n) is 3.74. The van der Waals surface area contributed by atoms with Gasteiger partial charge in [0.15, 0.2) is 0 Å². The van der Waals surface area contributed by atoms with Crippen LogP contribution in [0.25, 0.3) is 0 Å². The van der Waals surface area contributed by atoms with Gasteiger partial charge in [0.25, 0.3) is 0 Å². The molecule has 0 saturated carbocycles. The number of benzene rings is 1. The molecule has 0 spiro atoms. The number of anilines is 1. The molecule has 0 aliphatic carbocycles. The van der Waals surface area contributed by atoms with E-state index in [1.807, 2.05) is 12.1 Å². The van der Waals surface area contributed by atoms with Gasteiger partial charge in [0.05, 0.1) is 11.3 Å². The molecule has 0 unspecified atom stereocenters. The topological polar surface area (TPSA) is 30.0 Å². The van der Waals surface area contributed by atoms with Crippen LogP contribution in [-0.4, -0.2) is 73.4 Å². The lowest BCUT2D eigenvalue weighted by Gasteiger charge is -2.43. The minimum Gasteiger partial charge on any atom is -0.387 e. The largest absolute Gasteiger partial charge is 0.387 e. The summed E-state index contributed by atoms with van der Waals surface area (Å²) in [6.45, 7) is 5.92. The molecular weight excluding hydrogens is 281 g/mol. The normalized spacial score (nSPS) is 28.0. The molecule has 2 saturated heterocycles. The number of para-hydroxylation sites is 1. The van der Waals surface area contributed by atoms with Crippen molar-refractivity contribution in [2.45, 2.75) is 18.4 Å². The van der Waals surface area contributed by atoms with Crippen LogP contribution in [0.2, 0.25) is 0 Å². The van der Waals surface area contributed by atoms with E-state index in [0.29, 0.717) is 5.69 Å². The maximum atomic E-state index is 13.8. The van der Waals surface area contributed by atoms with Crippen molar-refractivity contribution in [3.05, 3.63) is 30.1 Å². The Kier molecular flexibility index (Phi) is 4.66. The van der Waals surface area contributed by atoms with Crippen LogP contribution in [0.1, 0.15) is 12.8 Å². The third kappa shape index (κ3) is 3.59. The van der Waals surface area contributed by atoms with E-state index in [0.717, 1.165) is 58.7 Å². The van der Waals surface area contributed by atoms with Gasteiger partial charge in [0.1, 0.15) is 5.82 Å². The number of halogens is 1. The van der Waals surface area contributed by atoms with Crippen LogP contribution in [0, 0.1) is 5.82 Å². The molecule has 4 nitrogen and oxygen atoms in total. The number of hydrogen-bond donors (Lipinski definition) is 1. The summed E-state index contributed by atoms with van der Waals surface area (Å²) in [6, 6.07) is 6.96. The van der Waals surface area contributed by atoms with Gasteiger partial charge >= 0.3 is 0 Å². The predicted octanol–water partition coefficient (Wildman–Crippen LogP) is 1.40. The zero-order valence-electron chi connectivity index (χ0n) is 13.3. The third-order valence-electron chi connectivity index (χ3n) is 4.83. The third-order valence-corrected chi connectivity index (χ3v) is 4.83. The van der Waals surface area contributed by atoms with E-state index >= 15 is 0 Å². The number of piperazine rings is 1. The number of piperidine rings is 1. The Bertz CT molecular complexity index is 504.